The maximum Gasteiger partial charge on any atom is 0.309 e. The second-order valence-corrected chi connectivity index (χ2v) is 9.35. The minimum Gasteiger partial charge on any atom is -0.466 e. The van der Waals surface area contributed by atoms with Gasteiger partial charge in [-0.05, 0) is 36.8 Å². The van der Waals surface area contributed by atoms with Crippen molar-refractivity contribution in [1.29, 1.82) is 0 Å². The number of likely N-dealkylation sites (tertiary alicyclic amines) is 1. The fourth-order valence-electron chi connectivity index (χ4n) is 4.16. The summed E-state index contributed by atoms with van der Waals surface area (Å²) in [5.74, 6) is 0.482. The van der Waals surface area contributed by atoms with Crippen LogP contribution in [0, 0.1) is 23.7 Å². The van der Waals surface area contributed by atoms with Crippen LogP contribution in [0.2, 0.25) is 0 Å². The van der Waals surface area contributed by atoms with Gasteiger partial charge < -0.3 is 9.64 Å². The van der Waals surface area contributed by atoms with Crippen molar-refractivity contribution < 1.29 is 17.9 Å². The molecule has 1 aromatic carbocycles. The lowest BCUT2D eigenvalue weighted by molar-refractivity contribution is -0.152. The average Bonchev–Trinajstić information content (AvgIpc) is 3.04. The van der Waals surface area contributed by atoms with E-state index in [0.717, 1.165) is 13.1 Å². The highest BCUT2D eigenvalue weighted by Gasteiger charge is 2.44. The van der Waals surface area contributed by atoms with Crippen molar-refractivity contribution in [1.82, 2.24) is 4.90 Å². The monoisotopic (exact) mass is 377 g/mol. The molecule has 0 N–H and O–H groups in total. The first kappa shape index (κ1) is 19.1. The Morgan fingerprint density at radius 1 is 1.19 bits per heavy atom. The third-order valence-corrected chi connectivity index (χ3v) is 7.23. The summed E-state index contributed by atoms with van der Waals surface area (Å²) in [5, 5.41) is 0. The number of carbonyl (C=O) groups is 1. The minimum absolute atomic E-state index is 0.0970. The van der Waals surface area contributed by atoms with Crippen molar-refractivity contribution in [2.75, 3.05) is 32.0 Å². The molecule has 0 radical (unpaired) electrons. The molecule has 0 unspecified atom stereocenters. The van der Waals surface area contributed by atoms with Gasteiger partial charge in [0.25, 0.3) is 0 Å². The number of fused-ring (bicyclic) bond motifs is 1. The summed E-state index contributed by atoms with van der Waals surface area (Å²) in [7, 11) is -3.28. The van der Waals surface area contributed by atoms with E-state index in [1.807, 2.05) is 13.0 Å². The van der Waals surface area contributed by atoms with E-state index in [1.165, 1.54) is 0 Å². The molecule has 0 amide bonds. The fourth-order valence-corrected chi connectivity index (χ4v) is 5.46. The van der Waals surface area contributed by atoms with Gasteiger partial charge in [-0.2, -0.15) is 0 Å². The number of ether oxygens (including phenoxy) is 1. The molecule has 1 saturated heterocycles. The number of allylic oxidation sites excluding steroid dienone is 1. The summed E-state index contributed by atoms with van der Waals surface area (Å²) in [6.07, 6.45) is 4.30. The summed E-state index contributed by atoms with van der Waals surface area (Å²) in [5.41, 5.74) is 0. The molecular formula is C20H27NO4S. The van der Waals surface area contributed by atoms with E-state index < -0.39 is 9.84 Å². The van der Waals surface area contributed by atoms with Gasteiger partial charge in [0.1, 0.15) is 0 Å². The predicted molar refractivity (Wildman–Crippen MR) is 100 cm³/mol. The second-order valence-electron chi connectivity index (χ2n) is 7.24. The Bertz CT molecular complexity index is 759. The Morgan fingerprint density at radius 3 is 2.62 bits per heavy atom. The van der Waals surface area contributed by atoms with E-state index >= 15 is 0 Å². The number of esters is 1. The quantitative estimate of drug-likeness (QED) is 0.563. The van der Waals surface area contributed by atoms with Gasteiger partial charge in [-0.3, -0.25) is 4.79 Å². The Hall–Kier alpha value is -1.66. The number of sulfone groups is 1. The summed E-state index contributed by atoms with van der Waals surface area (Å²) < 4.78 is 30.3. The SMILES string of the molecule is CCOC(=O)[C@@H]1[C@H]2CN(CCS(=O)(=O)c3ccccc3)C[C@@H]2C=C[C@@H]1C. The van der Waals surface area contributed by atoms with Crippen LogP contribution in [0.15, 0.2) is 47.4 Å². The molecule has 0 aromatic heterocycles. The Labute approximate surface area is 155 Å². The largest absolute Gasteiger partial charge is 0.466 e. The van der Waals surface area contributed by atoms with Gasteiger partial charge in [0.2, 0.25) is 0 Å². The summed E-state index contributed by atoms with van der Waals surface area (Å²) in [4.78, 5) is 14.9. The Kier molecular flexibility index (Phi) is 5.82. The fraction of sp³-hybridized carbons (Fsp3) is 0.550. The molecule has 2 aliphatic rings. The zero-order chi connectivity index (χ0) is 18.7. The van der Waals surface area contributed by atoms with E-state index in [1.54, 1.807) is 24.3 Å². The second kappa shape index (κ2) is 7.92. The lowest BCUT2D eigenvalue weighted by atomic mass is 9.72. The molecule has 6 heteroatoms. The van der Waals surface area contributed by atoms with Gasteiger partial charge >= 0.3 is 5.97 Å². The first-order chi connectivity index (χ1) is 12.4. The normalized spacial score (nSPS) is 28.7. The number of nitrogens with zero attached hydrogens (tertiary/aromatic N) is 1. The van der Waals surface area contributed by atoms with Crippen LogP contribution in [0.3, 0.4) is 0 Å². The van der Waals surface area contributed by atoms with Crippen LogP contribution in [0.4, 0.5) is 0 Å². The molecule has 0 bridgehead atoms. The smallest absolute Gasteiger partial charge is 0.309 e. The lowest BCUT2D eigenvalue weighted by Gasteiger charge is -2.32. The molecule has 1 aliphatic carbocycles. The van der Waals surface area contributed by atoms with E-state index in [9.17, 15) is 13.2 Å². The van der Waals surface area contributed by atoms with E-state index in [0.29, 0.717) is 24.0 Å². The number of carbonyl (C=O) groups excluding carboxylic acids is 1. The average molecular weight is 378 g/mol. The molecule has 4 atom stereocenters. The predicted octanol–water partition coefficient (Wildman–Crippen LogP) is 2.39. The highest BCUT2D eigenvalue weighted by Crippen LogP contribution is 2.39. The summed E-state index contributed by atoms with van der Waals surface area (Å²) in [6.45, 7) is 6.30. The third kappa shape index (κ3) is 4.01. The van der Waals surface area contributed by atoms with Crippen LogP contribution in [-0.4, -0.2) is 51.3 Å². The lowest BCUT2D eigenvalue weighted by Crippen LogP contribution is -2.37. The highest BCUT2D eigenvalue weighted by atomic mass is 32.2. The van der Waals surface area contributed by atoms with Crippen LogP contribution in [0.5, 0.6) is 0 Å². The van der Waals surface area contributed by atoms with Gasteiger partial charge in [-0.25, -0.2) is 8.42 Å². The number of hydrogen-bond donors (Lipinski definition) is 0. The van der Waals surface area contributed by atoms with E-state index in [2.05, 4.69) is 24.0 Å². The van der Waals surface area contributed by atoms with Crippen molar-refractivity contribution in [3.63, 3.8) is 0 Å². The molecule has 3 rings (SSSR count). The van der Waals surface area contributed by atoms with Crippen molar-refractivity contribution >= 4 is 15.8 Å². The first-order valence-corrected chi connectivity index (χ1v) is 10.9. The van der Waals surface area contributed by atoms with Gasteiger partial charge in [0, 0.05) is 19.6 Å². The van der Waals surface area contributed by atoms with Gasteiger partial charge in [0.15, 0.2) is 9.84 Å². The zero-order valence-electron chi connectivity index (χ0n) is 15.4. The van der Waals surface area contributed by atoms with Crippen LogP contribution in [-0.2, 0) is 19.4 Å². The third-order valence-electron chi connectivity index (χ3n) is 5.51. The van der Waals surface area contributed by atoms with Gasteiger partial charge in [-0.15, -0.1) is 0 Å². The standard InChI is InChI=1S/C20H27NO4S/c1-3-25-20(22)19-15(2)9-10-16-13-21(14-18(16)19)11-12-26(23,24)17-7-5-4-6-8-17/h4-10,15-16,18-19H,3,11-14H2,1-2H3/t15-,16-,18-,19-/m0/s1. The van der Waals surface area contributed by atoms with Crippen LogP contribution >= 0.6 is 0 Å². The van der Waals surface area contributed by atoms with Gasteiger partial charge in [-0.1, -0.05) is 37.3 Å². The Morgan fingerprint density at radius 2 is 1.92 bits per heavy atom. The molecule has 1 aliphatic heterocycles. The molecular weight excluding hydrogens is 350 g/mol. The van der Waals surface area contributed by atoms with E-state index in [-0.39, 0.29) is 29.5 Å². The number of rotatable bonds is 6. The van der Waals surface area contributed by atoms with Crippen LogP contribution in [0.25, 0.3) is 0 Å². The molecule has 5 nitrogen and oxygen atoms in total. The highest BCUT2D eigenvalue weighted by molar-refractivity contribution is 7.91. The van der Waals surface area contributed by atoms with Gasteiger partial charge in [0.05, 0.1) is 23.2 Å². The van der Waals surface area contributed by atoms with Crippen molar-refractivity contribution in [2.45, 2.75) is 18.7 Å². The molecule has 1 aromatic rings. The summed E-state index contributed by atoms with van der Waals surface area (Å²) >= 11 is 0. The molecule has 142 valence electrons. The zero-order valence-corrected chi connectivity index (χ0v) is 16.2. The topological polar surface area (TPSA) is 63.7 Å². The maximum atomic E-state index is 12.5. The van der Waals surface area contributed by atoms with Crippen molar-refractivity contribution in [2.24, 2.45) is 23.7 Å². The summed E-state index contributed by atoms with van der Waals surface area (Å²) in [6, 6.07) is 8.58. The first-order valence-electron chi connectivity index (χ1n) is 9.27. The van der Waals surface area contributed by atoms with Crippen molar-refractivity contribution in [3.8, 4) is 0 Å². The van der Waals surface area contributed by atoms with E-state index in [4.69, 9.17) is 4.74 Å². The van der Waals surface area contributed by atoms with Crippen LogP contribution in [0.1, 0.15) is 13.8 Å². The maximum absolute atomic E-state index is 12.5. The molecule has 0 saturated carbocycles. The minimum atomic E-state index is -3.28. The van der Waals surface area contributed by atoms with Crippen LogP contribution < -0.4 is 0 Å². The number of benzene rings is 1. The Balaban J connectivity index is 1.65. The molecule has 26 heavy (non-hydrogen) atoms. The van der Waals surface area contributed by atoms with Crippen molar-refractivity contribution in [3.05, 3.63) is 42.5 Å². The molecule has 1 fully saturated rings. The number of hydrogen-bond acceptors (Lipinski definition) is 5. The molecule has 0 spiro atoms. The molecule has 1 heterocycles.